The smallest absolute Gasteiger partial charge is 0.254 e. The van der Waals surface area contributed by atoms with Crippen LogP contribution in [0.4, 0.5) is 5.82 Å². The summed E-state index contributed by atoms with van der Waals surface area (Å²) in [6, 6.07) is 1.86. The van der Waals surface area contributed by atoms with E-state index in [4.69, 9.17) is 4.74 Å². The van der Waals surface area contributed by atoms with Gasteiger partial charge in [0.25, 0.3) is 5.91 Å². The van der Waals surface area contributed by atoms with Gasteiger partial charge >= 0.3 is 0 Å². The monoisotopic (exact) mass is 237 g/mol. The fraction of sp³-hybridized carbons (Fsp3) is 0.667. The highest BCUT2D eigenvalue weighted by molar-refractivity contribution is 5.93. The molecule has 0 saturated carbocycles. The molecule has 0 radical (unpaired) electrons. The van der Waals surface area contributed by atoms with Crippen LogP contribution in [0.25, 0.3) is 0 Å². The Morgan fingerprint density at radius 2 is 2.41 bits per heavy atom. The molecule has 0 spiro atoms. The van der Waals surface area contributed by atoms with E-state index < -0.39 is 0 Å². The number of carbonyl (C=O) groups is 1. The third kappa shape index (κ3) is 2.66. The van der Waals surface area contributed by atoms with Crippen LogP contribution < -0.4 is 5.32 Å². The molecule has 1 saturated heterocycles. The molecule has 1 amide bonds. The molecule has 1 aliphatic rings. The first-order chi connectivity index (χ1) is 8.08. The third-order valence-corrected chi connectivity index (χ3v) is 3.12. The van der Waals surface area contributed by atoms with E-state index in [2.05, 4.69) is 29.4 Å². The zero-order chi connectivity index (χ0) is 12.4. The normalized spacial score (nSPS) is 24.2. The van der Waals surface area contributed by atoms with Gasteiger partial charge in [-0.05, 0) is 18.3 Å². The van der Waals surface area contributed by atoms with Gasteiger partial charge in [-0.3, -0.25) is 9.89 Å². The number of ether oxygens (including phenoxy) is 1. The number of hydrogen-bond acceptors (Lipinski definition) is 3. The Kier molecular flexibility index (Phi) is 3.47. The largest absolute Gasteiger partial charge is 0.368 e. The van der Waals surface area contributed by atoms with Crippen LogP contribution in [-0.4, -0.2) is 28.8 Å². The molecule has 0 aromatic carbocycles. The Bertz CT molecular complexity index is 400. The molecular formula is C12H19N3O2. The van der Waals surface area contributed by atoms with Crippen molar-refractivity contribution in [1.82, 2.24) is 10.2 Å². The summed E-state index contributed by atoms with van der Waals surface area (Å²) < 4.78 is 5.40. The van der Waals surface area contributed by atoms with E-state index in [1.807, 2.05) is 13.0 Å². The molecule has 0 bridgehead atoms. The van der Waals surface area contributed by atoms with Gasteiger partial charge < -0.3 is 10.1 Å². The number of aromatic amines is 1. The van der Waals surface area contributed by atoms with Crippen LogP contribution in [0.5, 0.6) is 0 Å². The molecule has 2 rings (SSSR count). The van der Waals surface area contributed by atoms with E-state index in [9.17, 15) is 4.79 Å². The molecule has 2 N–H and O–H groups in total. The molecule has 2 unspecified atom stereocenters. The highest BCUT2D eigenvalue weighted by Crippen LogP contribution is 2.22. The predicted molar refractivity (Wildman–Crippen MR) is 64.8 cm³/mol. The van der Waals surface area contributed by atoms with Crippen LogP contribution in [0.15, 0.2) is 6.07 Å². The van der Waals surface area contributed by atoms with Crippen molar-refractivity contribution in [2.24, 2.45) is 5.92 Å². The van der Waals surface area contributed by atoms with Gasteiger partial charge in [-0.2, -0.15) is 5.10 Å². The Hall–Kier alpha value is -1.36. The van der Waals surface area contributed by atoms with Crippen molar-refractivity contribution in [2.45, 2.75) is 39.2 Å². The van der Waals surface area contributed by atoms with Crippen LogP contribution in [0.2, 0.25) is 0 Å². The predicted octanol–water partition coefficient (Wildman–Crippen LogP) is 1.90. The Balaban J connectivity index is 1.97. The fourth-order valence-corrected chi connectivity index (χ4v) is 1.92. The molecule has 0 aliphatic carbocycles. The van der Waals surface area contributed by atoms with Crippen LogP contribution in [0, 0.1) is 5.92 Å². The number of anilines is 1. The minimum absolute atomic E-state index is 0.100. The number of amides is 1. The SMILES string of the molecule is CC(C)c1cc(NC(=O)C2OCCC2C)n[nH]1. The topological polar surface area (TPSA) is 67.0 Å². The molecule has 1 aromatic heterocycles. The van der Waals surface area contributed by atoms with E-state index in [1.165, 1.54) is 0 Å². The number of H-pyrrole nitrogens is 1. The maximum Gasteiger partial charge on any atom is 0.254 e. The second-order valence-corrected chi connectivity index (χ2v) is 4.91. The lowest BCUT2D eigenvalue weighted by Crippen LogP contribution is -2.31. The third-order valence-electron chi connectivity index (χ3n) is 3.12. The Labute approximate surface area is 101 Å². The van der Waals surface area contributed by atoms with Crippen molar-refractivity contribution in [3.8, 4) is 0 Å². The van der Waals surface area contributed by atoms with Crippen molar-refractivity contribution >= 4 is 11.7 Å². The molecule has 2 heterocycles. The number of carbonyl (C=O) groups excluding carboxylic acids is 1. The van der Waals surface area contributed by atoms with Crippen molar-refractivity contribution in [1.29, 1.82) is 0 Å². The second-order valence-electron chi connectivity index (χ2n) is 4.91. The average Bonchev–Trinajstić information content (AvgIpc) is 2.86. The van der Waals surface area contributed by atoms with Gasteiger partial charge in [-0.15, -0.1) is 0 Å². The summed E-state index contributed by atoms with van der Waals surface area (Å²) in [7, 11) is 0. The van der Waals surface area contributed by atoms with Crippen molar-refractivity contribution in [2.75, 3.05) is 11.9 Å². The second kappa shape index (κ2) is 4.87. The van der Waals surface area contributed by atoms with E-state index in [0.717, 1.165) is 12.1 Å². The summed E-state index contributed by atoms with van der Waals surface area (Å²) in [5.74, 6) is 1.12. The number of rotatable bonds is 3. The number of hydrogen-bond donors (Lipinski definition) is 2. The quantitative estimate of drug-likeness (QED) is 0.843. The highest BCUT2D eigenvalue weighted by Gasteiger charge is 2.31. The maximum absolute atomic E-state index is 11.9. The molecule has 1 fully saturated rings. The van der Waals surface area contributed by atoms with Gasteiger partial charge in [0.2, 0.25) is 0 Å². The van der Waals surface area contributed by atoms with Crippen molar-refractivity contribution in [3.63, 3.8) is 0 Å². The van der Waals surface area contributed by atoms with Crippen LogP contribution in [0.1, 0.15) is 38.8 Å². The van der Waals surface area contributed by atoms with Gasteiger partial charge in [-0.25, -0.2) is 0 Å². The summed E-state index contributed by atoms with van der Waals surface area (Å²) in [4.78, 5) is 11.9. The van der Waals surface area contributed by atoms with E-state index >= 15 is 0 Å². The summed E-state index contributed by atoms with van der Waals surface area (Å²) in [5, 5.41) is 9.75. The van der Waals surface area contributed by atoms with Gasteiger partial charge in [-0.1, -0.05) is 20.8 Å². The zero-order valence-electron chi connectivity index (χ0n) is 10.5. The summed E-state index contributed by atoms with van der Waals surface area (Å²) in [6.07, 6.45) is 0.602. The van der Waals surface area contributed by atoms with Crippen molar-refractivity contribution < 1.29 is 9.53 Å². The summed E-state index contributed by atoms with van der Waals surface area (Å²) in [5.41, 5.74) is 1.01. The first-order valence-corrected chi connectivity index (χ1v) is 6.05. The fourth-order valence-electron chi connectivity index (χ4n) is 1.92. The van der Waals surface area contributed by atoms with Gasteiger partial charge in [0.1, 0.15) is 6.10 Å². The molecule has 2 atom stereocenters. The molecule has 94 valence electrons. The highest BCUT2D eigenvalue weighted by atomic mass is 16.5. The Morgan fingerprint density at radius 1 is 1.65 bits per heavy atom. The lowest BCUT2D eigenvalue weighted by molar-refractivity contribution is -0.126. The molecule has 17 heavy (non-hydrogen) atoms. The number of aromatic nitrogens is 2. The van der Waals surface area contributed by atoms with E-state index in [-0.39, 0.29) is 17.9 Å². The van der Waals surface area contributed by atoms with Crippen LogP contribution >= 0.6 is 0 Å². The van der Waals surface area contributed by atoms with E-state index in [1.54, 1.807) is 0 Å². The Morgan fingerprint density at radius 3 is 2.94 bits per heavy atom. The zero-order valence-corrected chi connectivity index (χ0v) is 10.5. The molecule has 5 nitrogen and oxygen atoms in total. The van der Waals surface area contributed by atoms with Crippen LogP contribution in [0.3, 0.4) is 0 Å². The molecule has 1 aromatic rings. The first kappa shape index (κ1) is 12.1. The minimum Gasteiger partial charge on any atom is -0.368 e. The first-order valence-electron chi connectivity index (χ1n) is 6.05. The minimum atomic E-state index is -0.339. The number of nitrogens with zero attached hydrogens (tertiary/aromatic N) is 1. The maximum atomic E-state index is 11.9. The van der Waals surface area contributed by atoms with Gasteiger partial charge in [0, 0.05) is 18.4 Å². The summed E-state index contributed by atoms with van der Waals surface area (Å²) in [6.45, 7) is 6.83. The molecule has 1 aliphatic heterocycles. The summed E-state index contributed by atoms with van der Waals surface area (Å²) >= 11 is 0. The standard InChI is InChI=1S/C12H19N3O2/c1-7(2)9-6-10(15-14-9)13-12(16)11-8(3)4-5-17-11/h6-8,11H,4-5H2,1-3H3,(H2,13,14,15,16). The van der Waals surface area contributed by atoms with E-state index in [0.29, 0.717) is 18.3 Å². The number of nitrogens with one attached hydrogen (secondary N) is 2. The van der Waals surface area contributed by atoms with Crippen LogP contribution in [-0.2, 0) is 9.53 Å². The lowest BCUT2D eigenvalue weighted by atomic mass is 10.0. The van der Waals surface area contributed by atoms with Gasteiger partial charge in [0.05, 0.1) is 0 Å². The molecular weight excluding hydrogens is 218 g/mol. The van der Waals surface area contributed by atoms with Crippen molar-refractivity contribution in [3.05, 3.63) is 11.8 Å². The van der Waals surface area contributed by atoms with Gasteiger partial charge in [0.15, 0.2) is 5.82 Å². The average molecular weight is 237 g/mol. The molecule has 5 heteroatoms. The lowest BCUT2D eigenvalue weighted by Gasteiger charge is -2.12.